The summed E-state index contributed by atoms with van der Waals surface area (Å²) in [6, 6.07) is 7.19. The molecule has 0 heterocycles. The van der Waals surface area contributed by atoms with Gasteiger partial charge < -0.3 is 11.7 Å². The third-order valence-electron chi connectivity index (χ3n) is 1.92. The Balaban J connectivity index is 0.00000196. The Bertz CT molecular complexity index is 293. The van der Waals surface area contributed by atoms with Crippen LogP contribution in [0.25, 0.3) is 0 Å². The smallest absolute Gasteiger partial charge is 0.162 e. The van der Waals surface area contributed by atoms with Crippen LogP contribution in [0.5, 0.6) is 5.75 Å². The van der Waals surface area contributed by atoms with E-state index in [0.29, 0.717) is 13.0 Å². The third-order valence-corrected chi connectivity index (χ3v) is 1.92. The average Bonchev–Trinajstić information content (AvgIpc) is 2.20. The van der Waals surface area contributed by atoms with Crippen molar-refractivity contribution in [2.24, 2.45) is 0 Å². The number of rotatable bonds is 5. The van der Waals surface area contributed by atoms with Crippen molar-refractivity contribution >= 4 is 5.78 Å². The predicted octanol–water partition coefficient (Wildman–Crippen LogP) is 2.88. The molecule has 1 rings (SSSR count). The van der Waals surface area contributed by atoms with Gasteiger partial charge in [0.1, 0.15) is 5.75 Å². The van der Waals surface area contributed by atoms with Crippen LogP contribution in [0.15, 0.2) is 24.3 Å². The third kappa shape index (κ3) is 4.61. The molecule has 1 aromatic rings. The quantitative estimate of drug-likeness (QED) is 0.585. The molecule has 3 heteroatoms. The van der Waals surface area contributed by atoms with Gasteiger partial charge in [-0.05, 0) is 37.3 Å². The molecule has 0 fully saturated rings. The van der Waals surface area contributed by atoms with Gasteiger partial charge in [-0.15, -0.1) is 0 Å². The number of carbonyl (C=O) groups is 1. The first-order valence-corrected chi connectivity index (χ1v) is 4.83. The van der Waals surface area contributed by atoms with Gasteiger partial charge in [0.2, 0.25) is 0 Å². The van der Waals surface area contributed by atoms with Crippen molar-refractivity contribution in [1.29, 1.82) is 0 Å². The van der Waals surface area contributed by atoms with E-state index in [9.17, 15) is 4.79 Å². The van der Waals surface area contributed by atoms with Crippen molar-refractivity contribution in [3.63, 3.8) is 0 Å². The Hall–Kier alpha value is -0.622. The van der Waals surface area contributed by atoms with Gasteiger partial charge in [-0.1, -0.05) is 6.92 Å². The van der Waals surface area contributed by atoms with Gasteiger partial charge in [0.15, 0.2) is 5.78 Å². The van der Waals surface area contributed by atoms with Gasteiger partial charge in [-0.25, -0.2) is 0 Å². The summed E-state index contributed by atoms with van der Waals surface area (Å²) >= 11 is 0. The summed E-state index contributed by atoms with van der Waals surface area (Å²) in [6.07, 6.45) is 1.49. The number of carbonyl (C=O) groups excluding carboxylic acids is 1. The fourth-order valence-corrected chi connectivity index (χ4v) is 1.23. The molecule has 0 N–H and O–H groups in total. The maximum atomic E-state index is 11.5. The summed E-state index contributed by atoms with van der Waals surface area (Å²) < 4.78 is 5.18. The number of Topliss-reactive ketones (excluding diaryl/α,β-unsaturated/α-hetero) is 1. The van der Waals surface area contributed by atoms with Gasteiger partial charge >= 0.3 is 0 Å². The number of hydrogen-bond donors (Lipinski definition) is 0. The summed E-state index contributed by atoms with van der Waals surface area (Å²) in [5, 5.41) is 0. The Labute approximate surface area is 105 Å². The van der Waals surface area contributed by atoms with Crippen LogP contribution in [0.2, 0.25) is 0 Å². The largest absolute Gasteiger partial charge is 0.525 e. The minimum absolute atomic E-state index is 0. The molecule has 0 bridgehead atoms. The van der Waals surface area contributed by atoms with Gasteiger partial charge in [-0.2, -0.15) is 0 Å². The normalized spacial score (nSPS) is 9.20. The van der Waals surface area contributed by atoms with E-state index in [1.54, 1.807) is 24.3 Å². The van der Waals surface area contributed by atoms with E-state index in [0.717, 1.165) is 17.7 Å². The van der Waals surface area contributed by atoms with Crippen molar-refractivity contribution in [2.75, 3.05) is 6.61 Å². The Morgan fingerprint density at radius 2 is 1.93 bits per heavy atom. The van der Waals surface area contributed by atoms with Gasteiger partial charge in [0.05, 0.1) is 0 Å². The first-order valence-electron chi connectivity index (χ1n) is 4.83. The van der Waals surface area contributed by atoms with Crippen molar-refractivity contribution in [3.05, 3.63) is 36.8 Å². The van der Waals surface area contributed by atoms with E-state index in [-0.39, 0.29) is 26.8 Å². The second-order valence-corrected chi connectivity index (χ2v) is 3.05. The molecule has 0 atom stereocenters. The van der Waals surface area contributed by atoms with Crippen LogP contribution >= 0.6 is 0 Å². The molecule has 0 aromatic heterocycles. The minimum atomic E-state index is 0. The van der Waals surface area contributed by atoms with Crippen molar-refractivity contribution < 1.29 is 30.6 Å². The van der Waals surface area contributed by atoms with E-state index in [1.807, 2.05) is 6.92 Å². The zero-order chi connectivity index (χ0) is 10.4. The molecule has 0 saturated carbocycles. The number of hydrogen-bond acceptors (Lipinski definition) is 2. The maximum Gasteiger partial charge on any atom is 0.162 e. The average molecular weight is 375 g/mol. The van der Waals surface area contributed by atoms with E-state index >= 15 is 0 Å². The Morgan fingerprint density at radius 3 is 2.40 bits per heavy atom. The predicted molar refractivity (Wildman–Crippen MR) is 56.5 cm³/mol. The van der Waals surface area contributed by atoms with Gasteiger partial charge in [0, 0.05) is 33.0 Å². The van der Waals surface area contributed by atoms with Crippen LogP contribution in [0.1, 0.15) is 30.1 Å². The molecule has 0 aliphatic heterocycles. The van der Waals surface area contributed by atoms with Crippen LogP contribution in [0, 0.1) is 6.92 Å². The summed E-state index contributed by atoms with van der Waals surface area (Å²) in [7, 11) is 0. The maximum absolute atomic E-state index is 11.5. The minimum Gasteiger partial charge on any atom is -0.525 e. The summed E-state index contributed by atoms with van der Waals surface area (Å²) in [5.41, 5.74) is 0.753. The van der Waals surface area contributed by atoms with Gasteiger partial charge in [-0.3, -0.25) is 4.79 Å². The number of benzene rings is 1. The molecule has 0 aliphatic carbocycles. The first-order chi connectivity index (χ1) is 6.77. The van der Waals surface area contributed by atoms with E-state index < -0.39 is 0 Å². The van der Waals surface area contributed by atoms with Crippen LogP contribution < -0.4 is 4.74 Å². The molecule has 0 amide bonds. The van der Waals surface area contributed by atoms with E-state index in [1.165, 1.54) is 0 Å². The first kappa shape index (κ1) is 14.4. The van der Waals surface area contributed by atoms with Crippen LogP contribution in [-0.4, -0.2) is 12.4 Å². The molecular formula is C12H15O2W-. The van der Waals surface area contributed by atoms with Crippen LogP contribution in [-0.2, 0) is 21.1 Å². The molecule has 0 spiro atoms. The molecule has 2 nitrogen and oxygen atoms in total. The SMILES string of the molecule is [CH2-]COc1ccc(C(=O)CCC)cc1.[W]. The molecule has 0 radical (unpaired) electrons. The number of ketones is 1. The van der Waals surface area contributed by atoms with Crippen molar-refractivity contribution in [1.82, 2.24) is 0 Å². The second-order valence-electron chi connectivity index (χ2n) is 3.05. The molecule has 0 aliphatic rings. The standard InChI is InChI=1S/C12H15O2.W/c1-3-5-12(13)10-6-8-11(9-7-10)14-4-2;/h6-9H,2-5H2,1H3;/q-1;. The number of ether oxygens (including phenoxy) is 1. The Morgan fingerprint density at radius 1 is 1.33 bits per heavy atom. The molecule has 15 heavy (non-hydrogen) atoms. The van der Waals surface area contributed by atoms with Crippen molar-refractivity contribution in [2.45, 2.75) is 19.8 Å². The zero-order valence-electron chi connectivity index (χ0n) is 8.86. The molecule has 82 valence electrons. The monoisotopic (exact) mass is 375 g/mol. The summed E-state index contributed by atoms with van der Waals surface area (Å²) in [5.74, 6) is 0.946. The van der Waals surface area contributed by atoms with Crippen LogP contribution in [0.4, 0.5) is 0 Å². The zero-order valence-corrected chi connectivity index (χ0v) is 11.8. The molecule has 1 aromatic carbocycles. The molecule has 0 unspecified atom stereocenters. The summed E-state index contributed by atoms with van der Waals surface area (Å²) in [6.45, 7) is 5.98. The van der Waals surface area contributed by atoms with E-state index in [2.05, 4.69) is 6.92 Å². The topological polar surface area (TPSA) is 26.3 Å². The van der Waals surface area contributed by atoms with Crippen molar-refractivity contribution in [3.8, 4) is 5.75 Å². The second kappa shape index (κ2) is 7.64. The molecule has 0 saturated heterocycles. The van der Waals surface area contributed by atoms with Gasteiger partial charge in [0.25, 0.3) is 0 Å². The van der Waals surface area contributed by atoms with E-state index in [4.69, 9.17) is 4.74 Å². The Kier molecular flexibility index (Phi) is 7.32. The van der Waals surface area contributed by atoms with Crippen LogP contribution in [0.3, 0.4) is 0 Å². The summed E-state index contributed by atoms with van der Waals surface area (Å²) in [4.78, 5) is 11.5. The fourth-order valence-electron chi connectivity index (χ4n) is 1.23. The molecular weight excluding hydrogens is 360 g/mol. The fraction of sp³-hybridized carbons (Fsp3) is 0.333.